The molecular weight excluding hydrogens is 434 g/mol. The summed E-state index contributed by atoms with van der Waals surface area (Å²) < 4.78 is 27.9. The number of carbonyl (C=O) groups excluding carboxylic acids is 1. The smallest absolute Gasteiger partial charge is 0.230 e. The van der Waals surface area contributed by atoms with Gasteiger partial charge in [0.2, 0.25) is 15.9 Å². The number of nitrogens with zero attached hydrogens (tertiary/aromatic N) is 4. The van der Waals surface area contributed by atoms with Crippen molar-refractivity contribution in [2.45, 2.75) is 58.2 Å². The average molecular weight is 466 g/mol. The van der Waals surface area contributed by atoms with Crippen molar-refractivity contribution in [3.8, 4) is 5.69 Å². The predicted molar refractivity (Wildman–Crippen MR) is 123 cm³/mol. The number of carbonyl (C=O) groups is 1. The van der Waals surface area contributed by atoms with Crippen LogP contribution in [0, 0.1) is 20.8 Å². The highest BCUT2D eigenvalue weighted by Gasteiger charge is 2.28. The normalized spacial score (nSPS) is 15.9. The van der Waals surface area contributed by atoms with Gasteiger partial charge in [-0.1, -0.05) is 30.8 Å². The third-order valence-electron chi connectivity index (χ3n) is 5.41. The van der Waals surface area contributed by atoms with Crippen LogP contribution < -0.4 is 5.32 Å². The number of hydrogen-bond donors (Lipinski definition) is 1. The van der Waals surface area contributed by atoms with Gasteiger partial charge in [0.05, 0.1) is 17.2 Å². The lowest BCUT2D eigenvalue weighted by Crippen LogP contribution is -2.47. The van der Waals surface area contributed by atoms with Crippen LogP contribution in [-0.2, 0) is 14.8 Å². The molecule has 0 aliphatic carbocycles. The van der Waals surface area contributed by atoms with E-state index < -0.39 is 10.0 Å². The lowest BCUT2D eigenvalue weighted by Gasteiger charge is -2.31. The molecule has 1 aliphatic heterocycles. The summed E-state index contributed by atoms with van der Waals surface area (Å²) in [6.45, 7) is 8.77. The molecule has 0 unspecified atom stereocenters. The Balaban J connectivity index is 1.56. The molecule has 31 heavy (non-hydrogen) atoms. The summed E-state index contributed by atoms with van der Waals surface area (Å²) in [7, 11) is -3.17. The van der Waals surface area contributed by atoms with Gasteiger partial charge in [0.1, 0.15) is 5.82 Å². The maximum absolute atomic E-state index is 12.5. The summed E-state index contributed by atoms with van der Waals surface area (Å²) in [5.74, 6) is 1.11. The van der Waals surface area contributed by atoms with Crippen LogP contribution in [0.3, 0.4) is 0 Å². The molecule has 170 valence electrons. The Labute approximate surface area is 188 Å². The van der Waals surface area contributed by atoms with Crippen LogP contribution in [0.2, 0.25) is 0 Å². The number of thioether (sulfide) groups is 1. The van der Waals surface area contributed by atoms with Crippen LogP contribution in [0.15, 0.2) is 23.4 Å². The second kappa shape index (κ2) is 10.1. The lowest BCUT2D eigenvalue weighted by molar-refractivity contribution is -0.119. The molecule has 1 amide bonds. The van der Waals surface area contributed by atoms with E-state index in [4.69, 9.17) is 0 Å². The van der Waals surface area contributed by atoms with E-state index in [9.17, 15) is 13.2 Å². The molecule has 0 bridgehead atoms. The molecule has 1 aromatic carbocycles. The Hall–Kier alpha value is -1.91. The molecule has 1 saturated heterocycles. The highest BCUT2D eigenvalue weighted by atomic mass is 32.2. The number of aromatic nitrogens is 3. The fraction of sp³-hybridized carbons (Fsp3) is 0.571. The number of rotatable bonds is 8. The van der Waals surface area contributed by atoms with Gasteiger partial charge in [-0.3, -0.25) is 9.36 Å². The van der Waals surface area contributed by atoms with Crippen molar-refractivity contribution in [3.05, 3.63) is 35.2 Å². The van der Waals surface area contributed by atoms with E-state index in [2.05, 4.69) is 33.7 Å². The van der Waals surface area contributed by atoms with Crippen molar-refractivity contribution in [1.29, 1.82) is 0 Å². The topological polar surface area (TPSA) is 97.2 Å². The van der Waals surface area contributed by atoms with Gasteiger partial charge in [-0.2, -0.15) is 0 Å². The zero-order valence-electron chi connectivity index (χ0n) is 18.6. The molecule has 0 atom stereocenters. The number of hydrogen-bond acceptors (Lipinski definition) is 6. The van der Waals surface area contributed by atoms with Gasteiger partial charge in [0.15, 0.2) is 5.16 Å². The maximum atomic E-state index is 12.5. The van der Waals surface area contributed by atoms with E-state index in [1.807, 2.05) is 32.3 Å². The first-order valence-electron chi connectivity index (χ1n) is 10.6. The Morgan fingerprint density at radius 3 is 2.58 bits per heavy atom. The molecule has 1 fully saturated rings. The molecule has 0 spiro atoms. The molecule has 1 aromatic heterocycles. The van der Waals surface area contributed by atoms with Crippen molar-refractivity contribution in [2.24, 2.45) is 0 Å². The van der Waals surface area contributed by atoms with Crippen LogP contribution >= 0.6 is 11.8 Å². The first-order valence-corrected chi connectivity index (χ1v) is 13.2. The molecule has 8 nitrogen and oxygen atoms in total. The van der Waals surface area contributed by atoms with Crippen LogP contribution in [0.25, 0.3) is 5.69 Å². The quantitative estimate of drug-likeness (QED) is 0.602. The number of aryl methyl sites for hydroxylation is 3. The zero-order chi connectivity index (χ0) is 22.6. The number of amides is 1. The van der Waals surface area contributed by atoms with Crippen molar-refractivity contribution in [3.63, 3.8) is 0 Å². The van der Waals surface area contributed by atoms with Crippen molar-refractivity contribution in [2.75, 3.05) is 24.6 Å². The van der Waals surface area contributed by atoms with Crippen LogP contribution in [0.4, 0.5) is 0 Å². The van der Waals surface area contributed by atoms with Gasteiger partial charge < -0.3 is 5.32 Å². The van der Waals surface area contributed by atoms with Gasteiger partial charge in [-0.25, -0.2) is 12.7 Å². The van der Waals surface area contributed by atoms with E-state index in [0.717, 1.165) is 22.6 Å². The summed E-state index contributed by atoms with van der Waals surface area (Å²) in [4.78, 5) is 12.5. The second-order valence-electron chi connectivity index (χ2n) is 8.00. The minimum absolute atomic E-state index is 0.000185. The lowest BCUT2D eigenvalue weighted by atomic mass is 10.1. The minimum Gasteiger partial charge on any atom is -0.353 e. The van der Waals surface area contributed by atoms with Crippen LogP contribution in [-0.4, -0.2) is 64.0 Å². The third kappa shape index (κ3) is 5.87. The SMILES string of the molecule is CCCS(=O)(=O)N1CCC(NC(=O)CSc2nnc(C)n2-c2cc(C)ccc2C)CC1. The maximum Gasteiger partial charge on any atom is 0.230 e. The molecule has 2 aromatic rings. The monoisotopic (exact) mass is 465 g/mol. The number of nitrogens with one attached hydrogen (secondary N) is 1. The fourth-order valence-corrected chi connectivity index (χ4v) is 6.08. The van der Waals surface area contributed by atoms with Gasteiger partial charge >= 0.3 is 0 Å². The Bertz CT molecular complexity index is 1030. The highest BCUT2D eigenvalue weighted by Crippen LogP contribution is 2.25. The van der Waals surface area contributed by atoms with Crippen LogP contribution in [0.1, 0.15) is 43.1 Å². The number of piperidine rings is 1. The summed E-state index contributed by atoms with van der Waals surface area (Å²) in [5, 5.41) is 12.2. The molecule has 0 saturated carbocycles. The van der Waals surface area contributed by atoms with E-state index in [1.54, 1.807) is 4.31 Å². The highest BCUT2D eigenvalue weighted by molar-refractivity contribution is 7.99. The molecule has 3 rings (SSSR count). The van der Waals surface area contributed by atoms with Crippen molar-refractivity contribution in [1.82, 2.24) is 24.4 Å². The molecule has 2 heterocycles. The number of benzene rings is 1. The molecule has 0 radical (unpaired) electrons. The predicted octanol–water partition coefficient (Wildman–Crippen LogP) is 2.61. The fourth-order valence-electron chi connectivity index (χ4n) is 3.74. The summed E-state index contributed by atoms with van der Waals surface area (Å²) >= 11 is 1.36. The van der Waals surface area contributed by atoms with E-state index in [-0.39, 0.29) is 23.5 Å². The molecular formula is C21H31N5O3S2. The standard InChI is InChI=1S/C21H31N5O3S2/c1-5-12-31(28,29)25-10-8-18(9-11-25)22-20(27)14-30-21-24-23-17(4)26(21)19-13-15(2)6-7-16(19)3/h6-7,13,18H,5,8-12,14H2,1-4H3,(H,22,27). The minimum atomic E-state index is -3.17. The molecule has 10 heteroatoms. The van der Waals surface area contributed by atoms with Crippen LogP contribution in [0.5, 0.6) is 0 Å². The molecule has 1 N–H and O–H groups in total. The Morgan fingerprint density at radius 1 is 1.19 bits per heavy atom. The summed E-state index contributed by atoms with van der Waals surface area (Å²) in [5.41, 5.74) is 3.28. The number of sulfonamides is 1. The van der Waals surface area contributed by atoms with Crippen molar-refractivity contribution >= 4 is 27.7 Å². The van der Waals surface area contributed by atoms with Crippen molar-refractivity contribution < 1.29 is 13.2 Å². The van der Waals surface area contributed by atoms with Gasteiger partial charge in [0.25, 0.3) is 0 Å². The molecule has 1 aliphatic rings. The Morgan fingerprint density at radius 2 is 1.90 bits per heavy atom. The first kappa shape index (κ1) is 23.7. The van der Waals surface area contributed by atoms with E-state index >= 15 is 0 Å². The first-order chi connectivity index (χ1) is 14.7. The van der Waals surface area contributed by atoms with E-state index in [0.29, 0.717) is 37.5 Å². The zero-order valence-corrected chi connectivity index (χ0v) is 20.2. The second-order valence-corrected chi connectivity index (χ2v) is 11.0. The largest absolute Gasteiger partial charge is 0.353 e. The summed E-state index contributed by atoms with van der Waals surface area (Å²) in [6.07, 6.45) is 1.89. The third-order valence-corrected chi connectivity index (χ3v) is 8.41. The average Bonchev–Trinajstić information content (AvgIpc) is 3.09. The van der Waals surface area contributed by atoms with E-state index in [1.165, 1.54) is 11.8 Å². The Kier molecular flexibility index (Phi) is 7.77. The van der Waals surface area contributed by atoms with Gasteiger partial charge in [0, 0.05) is 19.1 Å². The van der Waals surface area contributed by atoms with Gasteiger partial charge in [-0.05, 0) is 57.2 Å². The van der Waals surface area contributed by atoms with Gasteiger partial charge in [-0.15, -0.1) is 10.2 Å². The summed E-state index contributed by atoms with van der Waals surface area (Å²) in [6, 6.07) is 6.23.